The molecular formula is C15H17BrFN3O. The van der Waals surface area contributed by atoms with Crippen molar-refractivity contribution in [2.24, 2.45) is 0 Å². The van der Waals surface area contributed by atoms with Crippen LogP contribution in [0, 0.1) is 5.82 Å². The van der Waals surface area contributed by atoms with Crippen LogP contribution in [0.1, 0.15) is 26.5 Å². The lowest BCUT2D eigenvalue weighted by Crippen LogP contribution is -2.35. The molecule has 1 aromatic carbocycles. The number of halogens is 2. The predicted molar refractivity (Wildman–Crippen MR) is 82.8 cm³/mol. The van der Waals surface area contributed by atoms with Crippen molar-refractivity contribution in [3.63, 3.8) is 0 Å². The third-order valence-electron chi connectivity index (χ3n) is 2.55. The van der Waals surface area contributed by atoms with Crippen molar-refractivity contribution in [3.8, 4) is 11.6 Å². The highest BCUT2D eigenvalue weighted by molar-refractivity contribution is 9.10. The SMILES string of the molecule is CC(C)(C)NCc1ccc(Oc2cc(F)cc(Br)c2)nn1. The number of nitrogens with zero attached hydrogens (tertiary/aromatic N) is 2. The fourth-order valence-electron chi connectivity index (χ4n) is 1.56. The second kappa shape index (κ2) is 6.49. The van der Waals surface area contributed by atoms with Crippen molar-refractivity contribution >= 4 is 15.9 Å². The Hall–Kier alpha value is -1.53. The molecule has 0 fully saturated rings. The van der Waals surface area contributed by atoms with Crippen LogP contribution in [0.15, 0.2) is 34.8 Å². The summed E-state index contributed by atoms with van der Waals surface area (Å²) in [6, 6.07) is 7.86. The normalized spacial score (nSPS) is 11.5. The molecule has 0 bridgehead atoms. The maximum atomic E-state index is 13.3. The Bertz CT molecular complexity index is 591. The summed E-state index contributed by atoms with van der Waals surface area (Å²) in [6.45, 7) is 6.88. The lowest BCUT2D eigenvalue weighted by molar-refractivity contribution is 0.416. The van der Waals surface area contributed by atoms with Crippen molar-refractivity contribution in [1.82, 2.24) is 15.5 Å². The van der Waals surface area contributed by atoms with E-state index in [-0.39, 0.29) is 11.4 Å². The van der Waals surface area contributed by atoms with Crippen LogP contribution in [0.3, 0.4) is 0 Å². The smallest absolute Gasteiger partial charge is 0.238 e. The Labute approximate surface area is 131 Å². The summed E-state index contributed by atoms with van der Waals surface area (Å²) in [5.74, 6) is 0.321. The van der Waals surface area contributed by atoms with E-state index in [1.54, 1.807) is 12.1 Å². The van der Waals surface area contributed by atoms with Crippen LogP contribution >= 0.6 is 15.9 Å². The van der Waals surface area contributed by atoms with Gasteiger partial charge in [-0.2, -0.15) is 5.10 Å². The Morgan fingerprint density at radius 1 is 1.19 bits per heavy atom. The zero-order valence-corrected chi connectivity index (χ0v) is 13.7. The molecule has 0 atom stereocenters. The highest BCUT2D eigenvalue weighted by Crippen LogP contribution is 2.24. The summed E-state index contributed by atoms with van der Waals surface area (Å²) in [5, 5.41) is 11.4. The molecule has 0 saturated carbocycles. The number of benzene rings is 1. The zero-order chi connectivity index (χ0) is 15.5. The molecule has 0 radical (unpaired) electrons. The summed E-state index contributed by atoms with van der Waals surface area (Å²) in [6.07, 6.45) is 0. The van der Waals surface area contributed by atoms with Crippen LogP contribution in [0.4, 0.5) is 4.39 Å². The summed E-state index contributed by atoms with van der Waals surface area (Å²) >= 11 is 3.21. The van der Waals surface area contributed by atoms with E-state index in [1.165, 1.54) is 12.1 Å². The average molecular weight is 354 g/mol. The Morgan fingerprint density at radius 2 is 1.95 bits per heavy atom. The molecule has 1 heterocycles. The number of ether oxygens (including phenoxy) is 1. The van der Waals surface area contributed by atoms with Gasteiger partial charge < -0.3 is 10.1 Å². The number of nitrogens with one attached hydrogen (secondary N) is 1. The number of aromatic nitrogens is 2. The Kier molecular flexibility index (Phi) is 4.90. The molecule has 0 saturated heterocycles. The standard InChI is InChI=1S/C15H17BrFN3O/c1-15(2,3)18-9-12-4-5-14(20-19-12)21-13-7-10(16)6-11(17)8-13/h4-8,18H,9H2,1-3H3. The highest BCUT2D eigenvalue weighted by atomic mass is 79.9. The largest absolute Gasteiger partial charge is 0.437 e. The van der Waals surface area contributed by atoms with Gasteiger partial charge in [-0.15, -0.1) is 5.10 Å². The fourth-order valence-corrected chi connectivity index (χ4v) is 2.00. The Balaban J connectivity index is 2.02. The molecule has 0 spiro atoms. The van der Waals surface area contributed by atoms with Gasteiger partial charge in [0, 0.05) is 28.7 Å². The van der Waals surface area contributed by atoms with E-state index in [4.69, 9.17) is 4.74 Å². The van der Waals surface area contributed by atoms with E-state index >= 15 is 0 Å². The first-order valence-corrected chi connectivity index (χ1v) is 7.33. The number of rotatable bonds is 4. The summed E-state index contributed by atoms with van der Waals surface area (Å²) < 4.78 is 19.3. The minimum atomic E-state index is -0.377. The summed E-state index contributed by atoms with van der Waals surface area (Å²) in [5.41, 5.74) is 0.836. The molecule has 0 unspecified atom stereocenters. The van der Waals surface area contributed by atoms with Gasteiger partial charge in [0.1, 0.15) is 11.6 Å². The van der Waals surface area contributed by atoms with Gasteiger partial charge in [-0.3, -0.25) is 0 Å². The third-order valence-corrected chi connectivity index (χ3v) is 3.01. The van der Waals surface area contributed by atoms with E-state index in [2.05, 4.69) is 52.2 Å². The minimum absolute atomic E-state index is 0.0185. The molecule has 0 amide bonds. The van der Waals surface area contributed by atoms with E-state index in [0.29, 0.717) is 22.6 Å². The van der Waals surface area contributed by atoms with Crippen molar-refractivity contribution in [2.45, 2.75) is 32.9 Å². The second-order valence-corrected chi connectivity index (χ2v) is 6.59. The van der Waals surface area contributed by atoms with Crippen LogP contribution < -0.4 is 10.1 Å². The molecule has 6 heteroatoms. The van der Waals surface area contributed by atoms with Gasteiger partial charge in [-0.25, -0.2) is 4.39 Å². The van der Waals surface area contributed by atoms with Crippen LogP contribution in [-0.2, 0) is 6.54 Å². The lowest BCUT2D eigenvalue weighted by atomic mass is 10.1. The molecule has 0 aliphatic heterocycles. The molecule has 2 aromatic rings. The van der Waals surface area contributed by atoms with Crippen LogP contribution in [0.25, 0.3) is 0 Å². The molecule has 1 aromatic heterocycles. The van der Waals surface area contributed by atoms with Gasteiger partial charge >= 0.3 is 0 Å². The quantitative estimate of drug-likeness (QED) is 0.900. The average Bonchev–Trinajstić information content (AvgIpc) is 2.36. The minimum Gasteiger partial charge on any atom is -0.437 e. The molecule has 0 aliphatic rings. The van der Waals surface area contributed by atoms with Crippen LogP contribution in [-0.4, -0.2) is 15.7 Å². The number of hydrogen-bond acceptors (Lipinski definition) is 4. The van der Waals surface area contributed by atoms with Gasteiger partial charge in [-0.1, -0.05) is 15.9 Å². The fraction of sp³-hybridized carbons (Fsp3) is 0.333. The van der Waals surface area contributed by atoms with E-state index in [1.807, 2.05) is 6.07 Å². The van der Waals surface area contributed by atoms with Gasteiger partial charge in [0.05, 0.1) is 5.69 Å². The molecule has 4 nitrogen and oxygen atoms in total. The van der Waals surface area contributed by atoms with E-state index < -0.39 is 0 Å². The maximum absolute atomic E-state index is 13.3. The van der Waals surface area contributed by atoms with Gasteiger partial charge in [-0.05, 0) is 39.0 Å². The second-order valence-electron chi connectivity index (χ2n) is 5.67. The molecular weight excluding hydrogens is 337 g/mol. The topological polar surface area (TPSA) is 47.0 Å². The van der Waals surface area contributed by atoms with Crippen molar-refractivity contribution in [1.29, 1.82) is 0 Å². The zero-order valence-electron chi connectivity index (χ0n) is 12.2. The Morgan fingerprint density at radius 3 is 2.52 bits per heavy atom. The summed E-state index contributed by atoms with van der Waals surface area (Å²) in [4.78, 5) is 0. The van der Waals surface area contributed by atoms with Gasteiger partial charge in [0.15, 0.2) is 0 Å². The maximum Gasteiger partial charge on any atom is 0.238 e. The van der Waals surface area contributed by atoms with E-state index in [9.17, 15) is 4.39 Å². The predicted octanol–water partition coefficient (Wildman–Crippen LogP) is 4.06. The van der Waals surface area contributed by atoms with E-state index in [0.717, 1.165) is 5.69 Å². The first-order valence-electron chi connectivity index (χ1n) is 6.53. The van der Waals surface area contributed by atoms with Crippen LogP contribution in [0.5, 0.6) is 11.6 Å². The monoisotopic (exact) mass is 353 g/mol. The molecule has 112 valence electrons. The highest BCUT2D eigenvalue weighted by Gasteiger charge is 2.09. The molecule has 1 N–H and O–H groups in total. The molecule has 0 aliphatic carbocycles. The summed E-state index contributed by atoms with van der Waals surface area (Å²) in [7, 11) is 0. The number of hydrogen-bond donors (Lipinski definition) is 1. The first kappa shape index (κ1) is 15.9. The van der Waals surface area contributed by atoms with Crippen molar-refractivity contribution < 1.29 is 9.13 Å². The lowest BCUT2D eigenvalue weighted by Gasteiger charge is -2.19. The first-order chi connectivity index (χ1) is 9.82. The molecule has 21 heavy (non-hydrogen) atoms. The van der Waals surface area contributed by atoms with Crippen LogP contribution in [0.2, 0.25) is 0 Å². The third kappa shape index (κ3) is 5.40. The molecule has 2 rings (SSSR count). The van der Waals surface area contributed by atoms with Crippen molar-refractivity contribution in [3.05, 3.63) is 46.3 Å². The van der Waals surface area contributed by atoms with Gasteiger partial charge in [0.2, 0.25) is 5.88 Å². The van der Waals surface area contributed by atoms with Crippen molar-refractivity contribution in [2.75, 3.05) is 0 Å². The van der Waals surface area contributed by atoms with Gasteiger partial charge in [0.25, 0.3) is 0 Å².